The zero-order chi connectivity index (χ0) is 21.6. The molecule has 8 heteroatoms. The number of hydrogen-bond donors (Lipinski definition) is 1. The fourth-order valence-electron chi connectivity index (χ4n) is 2.93. The van der Waals surface area contributed by atoms with E-state index < -0.39 is 0 Å². The van der Waals surface area contributed by atoms with Crippen LogP contribution in [0.4, 0.5) is 15.2 Å². The number of carbonyl (C=O) groups is 1. The average Bonchev–Trinajstić information content (AvgIpc) is 3.44. The van der Waals surface area contributed by atoms with Crippen molar-refractivity contribution in [2.75, 3.05) is 24.7 Å². The quantitative estimate of drug-likeness (QED) is 0.491. The van der Waals surface area contributed by atoms with Crippen LogP contribution >= 0.6 is 23.1 Å². The number of anilines is 2. The van der Waals surface area contributed by atoms with Crippen LogP contribution in [0.2, 0.25) is 0 Å². The summed E-state index contributed by atoms with van der Waals surface area (Å²) >= 11 is 3.09. The summed E-state index contributed by atoms with van der Waals surface area (Å²) in [5, 5.41) is 6.67. The number of methoxy groups -OCH3 is 1. The van der Waals surface area contributed by atoms with Gasteiger partial charge in [-0.1, -0.05) is 12.1 Å². The molecule has 158 valence electrons. The van der Waals surface area contributed by atoms with E-state index in [4.69, 9.17) is 4.74 Å². The third-order valence-corrected chi connectivity index (χ3v) is 6.32. The van der Waals surface area contributed by atoms with Gasteiger partial charge in [0.15, 0.2) is 5.13 Å². The molecule has 1 saturated heterocycles. The van der Waals surface area contributed by atoms with Gasteiger partial charge in [0.05, 0.1) is 17.8 Å². The molecule has 2 aromatic carbocycles. The molecule has 0 spiro atoms. The van der Waals surface area contributed by atoms with Crippen molar-refractivity contribution in [2.24, 2.45) is 0 Å². The molecule has 0 saturated carbocycles. The van der Waals surface area contributed by atoms with Gasteiger partial charge in [-0.25, -0.2) is 9.37 Å². The van der Waals surface area contributed by atoms with Crippen LogP contribution in [-0.2, 0) is 4.79 Å². The number of ether oxygens (including phenoxy) is 1. The summed E-state index contributed by atoms with van der Waals surface area (Å²) in [5.41, 5.74) is 2.48. The van der Waals surface area contributed by atoms with E-state index >= 15 is 0 Å². The van der Waals surface area contributed by atoms with Gasteiger partial charge < -0.3 is 15.0 Å². The molecule has 31 heavy (non-hydrogen) atoms. The lowest BCUT2D eigenvalue weighted by Crippen LogP contribution is -2.24. The summed E-state index contributed by atoms with van der Waals surface area (Å²) < 4.78 is 18.2. The van der Waals surface area contributed by atoms with E-state index in [1.807, 2.05) is 35.7 Å². The number of carbonyl (C=O) groups excluding carboxylic acids is 1. The fourth-order valence-corrected chi connectivity index (χ4v) is 4.65. The van der Waals surface area contributed by atoms with E-state index in [2.05, 4.69) is 10.3 Å². The Morgan fingerprint density at radius 3 is 2.71 bits per heavy atom. The van der Waals surface area contributed by atoms with Crippen LogP contribution in [-0.4, -0.2) is 35.2 Å². The molecule has 0 aliphatic carbocycles. The second-order valence-corrected chi connectivity index (χ2v) is 8.61. The first-order valence-electron chi connectivity index (χ1n) is 9.57. The Labute approximate surface area is 188 Å². The third kappa shape index (κ3) is 5.53. The minimum atomic E-state index is -0.279. The molecule has 2 heterocycles. The number of hydrogen-bond acceptors (Lipinski definition) is 6. The summed E-state index contributed by atoms with van der Waals surface area (Å²) in [6, 6.07) is 13.7. The van der Waals surface area contributed by atoms with Gasteiger partial charge in [0.25, 0.3) is 5.91 Å². The van der Waals surface area contributed by atoms with Gasteiger partial charge in [-0.2, -0.15) is 0 Å². The molecular weight excluding hydrogens is 433 g/mol. The number of aromatic nitrogens is 1. The predicted molar refractivity (Wildman–Crippen MR) is 126 cm³/mol. The second-order valence-electron chi connectivity index (χ2n) is 6.64. The number of thiazole rings is 1. The van der Waals surface area contributed by atoms with Crippen LogP contribution in [0.3, 0.4) is 0 Å². The Hall–Kier alpha value is -3.10. The highest BCUT2D eigenvalue weighted by atomic mass is 32.2. The zero-order valence-corrected chi connectivity index (χ0v) is 18.4. The second kappa shape index (κ2) is 9.80. The monoisotopic (exact) mass is 453 g/mol. The van der Waals surface area contributed by atoms with Crippen LogP contribution in [0.1, 0.15) is 11.3 Å². The van der Waals surface area contributed by atoms with Gasteiger partial charge in [-0.3, -0.25) is 4.79 Å². The van der Waals surface area contributed by atoms with Gasteiger partial charge in [0.1, 0.15) is 11.6 Å². The van der Waals surface area contributed by atoms with Gasteiger partial charge in [0.2, 0.25) is 0 Å². The molecule has 0 radical (unpaired) electrons. The summed E-state index contributed by atoms with van der Waals surface area (Å²) in [5.74, 6) is 1.28. The van der Waals surface area contributed by atoms with Crippen LogP contribution in [0.15, 0.2) is 65.0 Å². The van der Waals surface area contributed by atoms with E-state index in [1.165, 1.54) is 23.5 Å². The highest BCUT2D eigenvalue weighted by molar-refractivity contribution is 8.03. The minimum absolute atomic E-state index is 0.0630. The molecule has 0 unspecified atom stereocenters. The number of thioether (sulfide) groups is 1. The Morgan fingerprint density at radius 1 is 1.19 bits per heavy atom. The lowest BCUT2D eigenvalue weighted by Gasteiger charge is -2.14. The van der Waals surface area contributed by atoms with Gasteiger partial charge >= 0.3 is 0 Å². The number of benzene rings is 2. The lowest BCUT2D eigenvalue weighted by molar-refractivity contribution is -0.123. The van der Waals surface area contributed by atoms with Crippen LogP contribution in [0.5, 0.6) is 5.75 Å². The van der Waals surface area contributed by atoms with Crippen molar-refractivity contribution < 1.29 is 13.9 Å². The third-order valence-electron chi connectivity index (χ3n) is 4.52. The molecule has 0 bridgehead atoms. The van der Waals surface area contributed by atoms with Crippen LogP contribution < -0.4 is 10.1 Å². The van der Waals surface area contributed by atoms with E-state index in [-0.39, 0.29) is 11.7 Å². The first kappa shape index (κ1) is 21.1. The standard InChI is InChI=1S/C23H20FN3O2S2/c1-29-20-9-2-16(3-10-20)4-11-21(28)27-12-13-30-22(27)14-19-15-31-23(26-19)25-18-7-5-17(24)6-8-18/h2-11,14-15H,12-13H2,1H3,(H,25,26)/b11-4+,22-14+. The molecular formula is C23H20FN3O2S2. The average molecular weight is 454 g/mol. The van der Waals surface area contributed by atoms with Crippen LogP contribution in [0.25, 0.3) is 12.2 Å². The molecule has 1 aromatic heterocycles. The number of nitrogens with zero attached hydrogens (tertiary/aromatic N) is 2. The van der Waals surface area contributed by atoms with E-state index in [0.29, 0.717) is 11.7 Å². The maximum atomic E-state index is 13.0. The number of nitrogens with one attached hydrogen (secondary N) is 1. The molecule has 0 atom stereocenters. The molecule has 1 fully saturated rings. The molecule has 1 amide bonds. The lowest BCUT2D eigenvalue weighted by atomic mass is 10.2. The van der Waals surface area contributed by atoms with E-state index in [0.717, 1.165) is 33.5 Å². The van der Waals surface area contributed by atoms with Crippen molar-refractivity contribution >= 4 is 52.0 Å². The largest absolute Gasteiger partial charge is 0.497 e. The van der Waals surface area contributed by atoms with Crippen LogP contribution in [0, 0.1) is 5.82 Å². The van der Waals surface area contributed by atoms with Crippen molar-refractivity contribution in [1.29, 1.82) is 0 Å². The molecule has 3 aromatic rings. The normalized spacial score (nSPS) is 15.0. The smallest absolute Gasteiger partial charge is 0.251 e. The number of halogens is 1. The maximum absolute atomic E-state index is 13.0. The Kier molecular flexibility index (Phi) is 6.69. The van der Waals surface area contributed by atoms with Gasteiger partial charge in [-0.15, -0.1) is 23.1 Å². The van der Waals surface area contributed by atoms with Gasteiger partial charge in [0, 0.05) is 29.4 Å². The summed E-state index contributed by atoms with van der Waals surface area (Å²) in [6.45, 7) is 0.660. The number of amides is 1. The summed E-state index contributed by atoms with van der Waals surface area (Å²) in [6.07, 6.45) is 5.31. The fraction of sp³-hybridized carbons (Fsp3) is 0.130. The minimum Gasteiger partial charge on any atom is -0.497 e. The molecule has 1 aliphatic heterocycles. The van der Waals surface area contributed by atoms with E-state index in [9.17, 15) is 9.18 Å². The molecule has 4 rings (SSSR count). The summed E-state index contributed by atoms with van der Waals surface area (Å²) in [7, 11) is 1.62. The van der Waals surface area contributed by atoms with Crippen molar-refractivity contribution in [2.45, 2.75) is 0 Å². The first-order valence-corrected chi connectivity index (χ1v) is 11.4. The Bertz CT molecular complexity index is 1110. The SMILES string of the molecule is COc1ccc(/C=C/C(=O)N2CCS/C2=C/c2csc(Nc3ccc(F)cc3)n2)cc1. The molecule has 5 nitrogen and oxygen atoms in total. The number of rotatable bonds is 6. The molecule has 1 N–H and O–H groups in total. The van der Waals surface area contributed by atoms with E-state index in [1.54, 1.807) is 48.1 Å². The van der Waals surface area contributed by atoms with Crippen molar-refractivity contribution in [3.63, 3.8) is 0 Å². The first-order chi connectivity index (χ1) is 15.1. The van der Waals surface area contributed by atoms with Gasteiger partial charge in [-0.05, 0) is 54.1 Å². The summed E-state index contributed by atoms with van der Waals surface area (Å²) in [4.78, 5) is 19.0. The van der Waals surface area contributed by atoms with Crippen molar-refractivity contribution in [3.8, 4) is 5.75 Å². The predicted octanol–water partition coefficient (Wildman–Crippen LogP) is 5.62. The molecule has 1 aliphatic rings. The van der Waals surface area contributed by atoms with Crippen molar-refractivity contribution in [1.82, 2.24) is 9.88 Å². The topological polar surface area (TPSA) is 54.5 Å². The maximum Gasteiger partial charge on any atom is 0.251 e. The Morgan fingerprint density at radius 2 is 1.97 bits per heavy atom. The zero-order valence-electron chi connectivity index (χ0n) is 16.7. The van der Waals surface area contributed by atoms with Crippen molar-refractivity contribution in [3.05, 3.63) is 82.1 Å². The Balaban J connectivity index is 1.42. The highest BCUT2D eigenvalue weighted by Crippen LogP contribution is 2.31. The highest BCUT2D eigenvalue weighted by Gasteiger charge is 2.22.